The van der Waals surface area contributed by atoms with E-state index in [4.69, 9.17) is 9.47 Å². The van der Waals surface area contributed by atoms with Crippen molar-refractivity contribution < 1.29 is 41.9 Å². The summed E-state index contributed by atoms with van der Waals surface area (Å²) in [5, 5.41) is 9.06. The molecule has 2 saturated heterocycles. The number of carbonyl (C=O) groups excluding carboxylic acids is 5. The first-order valence-corrected chi connectivity index (χ1v) is 20.1. The lowest BCUT2D eigenvalue weighted by atomic mass is 9.96. The topological polar surface area (TPSA) is 215 Å². The third-order valence-electron chi connectivity index (χ3n) is 10.5. The first-order chi connectivity index (χ1) is 27.3. The van der Waals surface area contributed by atoms with Gasteiger partial charge in [0.2, 0.25) is 17.7 Å². The average molecular weight is 800 g/mol. The minimum Gasteiger partial charge on any atom is -0.496 e. The lowest BCUT2D eigenvalue weighted by Crippen LogP contribution is -2.54. The zero-order chi connectivity index (χ0) is 40.6. The Hall–Kier alpha value is -6.14. The van der Waals surface area contributed by atoms with Crippen molar-refractivity contribution in [1.82, 2.24) is 30.0 Å². The number of ether oxygens (including phenoxy) is 2. The number of benzene rings is 2. The number of amides is 5. The predicted molar refractivity (Wildman–Crippen MR) is 208 cm³/mol. The Bertz CT molecular complexity index is 2470. The fourth-order valence-corrected chi connectivity index (χ4v) is 8.54. The number of nitrogens with one attached hydrogen (secondary N) is 3. The summed E-state index contributed by atoms with van der Waals surface area (Å²) in [5.41, 5.74) is 2.61. The van der Waals surface area contributed by atoms with E-state index >= 15 is 0 Å². The Balaban J connectivity index is 0.899. The summed E-state index contributed by atoms with van der Waals surface area (Å²) < 4.78 is 38.8. The van der Waals surface area contributed by atoms with Gasteiger partial charge in [0.25, 0.3) is 17.4 Å². The smallest absolute Gasteiger partial charge is 0.264 e. The molecule has 298 valence electrons. The maximum atomic E-state index is 13.3. The van der Waals surface area contributed by atoms with Gasteiger partial charge in [0.05, 0.1) is 53.7 Å². The third-order valence-corrected chi connectivity index (χ3v) is 12.2. The van der Waals surface area contributed by atoms with Crippen molar-refractivity contribution in [3.63, 3.8) is 0 Å². The van der Waals surface area contributed by atoms with Gasteiger partial charge in [-0.25, -0.2) is 8.42 Å². The van der Waals surface area contributed by atoms with Crippen LogP contribution in [0.15, 0.2) is 59.8 Å². The van der Waals surface area contributed by atoms with Gasteiger partial charge >= 0.3 is 0 Å². The molecular formula is C39H41N7O10S. The van der Waals surface area contributed by atoms with Gasteiger partial charge in [-0.15, -0.1) is 0 Å². The number of sulfone groups is 1. The van der Waals surface area contributed by atoms with Crippen molar-refractivity contribution in [3.05, 3.63) is 82.0 Å². The first kappa shape index (κ1) is 39.1. The van der Waals surface area contributed by atoms with Crippen LogP contribution < -0.4 is 31.0 Å². The molecule has 5 amide bonds. The Kier molecular flexibility index (Phi) is 10.8. The molecule has 4 aromatic rings. The number of carbonyl (C=O) groups is 5. The molecule has 3 aliphatic rings. The minimum absolute atomic E-state index is 0.00783. The van der Waals surface area contributed by atoms with Gasteiger partial charge in [-0.05, 0) is 47.7 Å². The van der Waals surface area contributed by atoms with Gasteiger partial charge in [-0.1, -0.05) is 6.07 Å². The quantitative estimate of drug-likeness (QED) is 0.153. The molecule has 1 unspecified atom stereocenters. The van der Waals surface area contributed by atoms with E-state index in [-0.39, 0.29) is 71.6 Å². The van der Waals surface area contributed by atoms with Crippen molar-refractivity contribution in [2.75, 3.05) is 57.2 Å². The maximum absolute atomic E-state index is 13.3. The Morgan fingerprint density at radius 3 is 2.37 bits per heavy atom. The number of likely N-dealkylation sites (tertiary alicyclic amines) is 1. The van der Waals surface area contributed by atoms with E-state index in [0.717, 1.165) is 27.0 Å². The zero-order valence-corrected chi connectivity index (χ0v) is 32.3. The van der Waals surface area contributed by atoms with Gasteiger partial charge in [0, 0.05) is 76.0 Å². The molecule has 57 heavy (non-hydrogen) atoms. The Morgan fingerprint density at radius 2 is 1.67 bits per heavy atom. The molecule has 18 heteroatoms. The second-order valence-electron chi connectivity index (χ2n) is 14.2. The highest BCUT2D eigenvalue weighted by Crippen LogP contribution is 2.39. The monoisotopic (exact) mass is 799 g/mol. The van der Waals surface area contributed by atoms with Crippen LogP contribution in [0.1, 0.15) is 39.1 Å². The van der Waals surface area contributed by atoms with Gasteiger partial charge in [0.1, 0.15) is 17.5 Å². The van der Waals surface area contributed by atoms with Crippen LogP contribution in [0.2, 0.25) is 0 Å². The van der Waals surface area contributed by atoms with Crippen molar-refractivity contribution in [2.24, 2.45) is 13.0 Å². The lowest BCUT2D eigenvalue weighted by molar-refractivity contribution is -0.136. The largest absolute Gasteiger partial charge is 0.496 e. The second-order valence-corrected chi connectivity index (χ2v) is 16.5. The Labute approximate surface area is 327 Å². The van der Waals surface area contributed by atoms with E-state index in [9.17, 15) is 37.2 Å². The third kappa shape index (κ3) is 7.69. The van der Waals surface area contributed by atoms with Crippen LogP contribution in [0, 0.1) is 5.92 Å². The van der Waals surface area contributed by atoms with E-state index < -0.39 is 39.5 Å². The summed E-state index contributed by atoms with van der Waals surface area (Å²) in [5.74, 6) is -2.59. The number of hydrogen-bond acceptors (Lipinski definition) is 13. The van der Waals surface area contributed by atoms with Crippen molar-refractivity contribution in [2.45, 2.75) is 25.4 Å². The van der Waals surface area contributed by atoms with E-state index in [1.807, 2.05) is 12.1 Å². The van der Waals surface area contributed by atoms with Gasteiger partial charge in [-0.2, -0.15) is 0 Å². The summed E-state index contributed by atoms with van der Waals surface area (Å²) in [6.45, 7) is 1.18. The number of fused-ring (bicyclic) bond motifs is 2. The number of aromatic nitrogens is 2. The highest BCUT2D eigenvalue weighted by Gasteiger charge is 2.45. The summed E-state index contributed by atoms with van der Waals surface area (Å²) >= 11 is 0. The molecule has 2 aromatic carbocycles. The molecule has 5 heterocycles. The number of pyridine rings is 2. The molecule has 0 spiro atoms. The second kappa shape index (κ2) is 15.8. The maximum Gasteiger partial charge on any atom is 0.264 e. The van der Waals surface area contributed by atoms with Crippen LogP contribution in [0.3, 0.4) is 0 Å². The summed E-state index contributed by atoms with van der Waals surface area (Å²) in [7, 11) is 1.19. The zero-order valence-electron chi connectivity index (χ0n) is 31.5. The number of hydrogen-bond donors (Lipinski definition) is 3. The van der Waals surface area contributed by atoms with Crippen LogP contribution in [0.4, 0.5) is 5.69 Å². The number of rotatable bonds is 14. The minimum atomic E-state index is -3.63. The molecule has 0 bridgehead atoms. The molecule has 0 aliphatic carbocycles. The molecule has 0 saturated carbocycles. The average Bonchev–Trinajstić information content (AvgIpc) is 3.43. The molecule has 17 nitrogen and oxygen atoms in total. The Morgan fingerprint density at radius 1 is 0.947 bits per heavy atom. The van der Waals surface area contributed by atoms with Gasteiger partial charge in [0.15, 0.2) is 9.84 Å². The predicted octanol–water partition coefficient (Wildman–Crippen LogP) is 1.09. The van der Waals surface area contributed by atoms with E-state index in [2.05, 4.69) is 25.8 Å². The van der Waals surface area contributed by atoms with Gasteiger partial charge < -0.3 is 24.7 Å². The van der Waals surface area contributed by atoms with E-state index in [1.165, 1.54) is 10.6 Å². The molecular weight excluding hydrogens is 759 g/mol. The SMILES string of the molecule is COc1cc(-c2cn(C)c(=O)c3cnccc23)cc(OC)c1CN1CC(C(=O)NCCS(=O)(=O)CCNc2cccc3c2C(=O)N(C2CCC(=O)NC2=O)C3=O)C1. The summed E-state index contributed by atoms with van der Waals surface area (Å²) in [6.07, 6.45) is 4.96. The van der Waals surface area contributed by atoms with Gasteiger partial charge in [-0.3, -0.25) is 48.9 Å². The standard InChI is InChI=1S/C39H41N7O10S/c1-44-20-27(24-9-10-40-17-26(24)37(44)50)22-15-31(55-2)28(32(16-22)56-3)21-45-18-23(19-45)35(48)42-12-14-57(53,54)13-11-41-29-6-4-5-25-34(29)39(52)46(38(25)51)30-7-8-33(47)43-36(30)49/h4-6,9-10,15-17,20,23,30,41H,7-8,11-14,18-19,21H2,1-3H3,(H,42,48)(H,43,47,49). The van der Waals surface area contributed by atoms with Crippen LogP contribution in [-0.2, 0) is 37.8 Å². The van der Waals surface area contributed by atoms with Crippen LogP contribution in [-0.4, -0.2) is 115 Å². The highest BCUT2D eigenvalue weighted by atomic mass is 32.2. The normalized spacial score (nSPS) is 17.3. The number of aryl methyl sites for hydroxylation is 1. The molecule has 2 fully saturated rings. The number of anilines is 1. The van der Waals surface area contributed by atoms with Crippen molar-refractivity contribution in [1.29, 1.82) is 0 Å². The summed E-state index contributed by atoms with van der Waals surface area (Å²) in [6, 6.07) is 9.01. The van der Waals surface area contributed by atoms with Crippen LogP contribution >= 0.6 is 0 Å². The number of imide groups is 2. The fraction of sp³-hybridized carbons (Fsp3) is 0.359. The fourth-order valence-electron chi connectivity index (χ4n) is 7.50. The number of methoxy groups -OCH3 is 2. The number of nitrogens with zero attached hydrogens (tertiary/aromatic N) is 4. The molecule has 3 aliphatic heterocycles. The van der Waals surface area contributed by atoms with Crippen LogP contribution in [0.5, 0.6) is 11.5 Å². The van der Waals surface area contributed by atoms with Crippen LogP contribution in [0.25, 0.3) is 21.9 Å². The molecule has 2 aromatic heterocycles. The molecule has 1 atom stereocenters. The van der Waals surface area contributed by atoms with E-state index in [1.54, 1.807) is 58.1 Å². The highest BCUT2D eigenvalue weighted by molar-refractivity contribution is 7.91. The molecule has 3 N–H and O–H groups in total. The van der Waals surface area contributed by atoms with E-state index in [0.29, 0.717) is 36.5 Å². The van der Waals surface area contributed by atoms with Crippen molar-refractivity contribution in [3.8, 4) is 22.6 Å². The van der Waals surface area contributed by atoms with Crippen molar-refractivity contribution >= 4 is 55.8 Å². The molecule has 0 radical (unpaired) electrons. The first-order valence-electron chi connectivity index (χ1n) is 18.3. The summed E-state index contributed by atoms with van der Waals surface area (Å²) in [4.78, 5) is 83.0. The number of piperidine rings is 1. The molecule has 7 rings (SSSR count). The lowest BCUT2D eigenvalue weighted by Gasteiger charge is -2.38.